The van der Waals surface area contributed by atoms with Gasteiger partial charge in [-0.05, 0) is 36.2 Å². The molecule has 0 unspecified atom stereocenters. The van der Waals surface area contributed by atoms with Crippen LogP contribution in [0.2, 0.25) is 4.34 Å². The SMILES string of the molecule is Cn1cc(CCNS(=O)(=O)c2ccc(Cl)s2)c2cccnc21. The summed E-state index contributed by atoms with van der Waals surface area (Å²) >= 11 is 6.83. The van der Waals surface area contributed by atoms with Crippen LogP contribution in [-0.4, -0.2) is 24.5 Å². The lowest BCUT2D eigenvalue weighted by Gasteiger charge is -2.04. The number of aromatic nitrogens is 2. The van der Waals surface area contributed by atoms with Crippen molar-refractivity contribution in [3.63, 3.8) is 0 Å². The molecule has 0 bridgehead atoms. The number of nitrogens with zero attached hydrogens (tertiary/aromatic N) is 2. The van der Waals surface area contributed by atoms with Crippen LogP contribution in [-0.2, 0) is 23.5 Å². The van der Waals surface area contributed by atoms with E-state index in [1.807, 2.05) is 29.9 Å². The zero-order chi connectivity index (χ0) is 15.7. The Morgan fingerprint density at radius 1 is 1.36 bits per heavy atom. The van der Waals surface area contributed by atoms with E-state index in [1.54, 1.807) is 12.3 Å². The van der Waals surface area contributed by atoms with E-state index in [4.69, 9.17) is 11.6 Å². The standard InChI is InChI=1S/C14H14ClN3O2S2/c1-18-9-10(11-3-2-7-16-14(11)18)6-8-17-22(19,20)13-5-4-12(15)21-13/h2-5,7,9,17H,6,8H2,1H3. The molecule has 5 nitrogen and oxygen atoms in total. The van der Waals surface area contributed by atoms with Gasteiger partial charge in [0.15, 0.2) is 0 Å². The third kappa shape index (κ3) is 3.03. The molecular weight excluding hydrogens is 342 g/mol. The maximum absolute atomic E-state index is 12.1. The minimum absolute atomic E-state index is 0.233. The highest BCUT2D eigenvalue weighted by molar-refractivity contribution is 7.91. The van der Waals surface area contributed by atoms with Crippen LogP contribution in [0.3, 0.4) is 0 Å². The number of halogens is 1. The first kappa shape index (κ1) is 15.5. The Balaban J connectivity index is 1.72. The molecule has 0 spiro atoms. The summed E-state index contributed by atoms with van der Waals surface area (Å²) in [6, 6.07) is 6.96. The van der Waals surface area contributed by atoms with Crippen LogP contribution >= 0.6 is 22.9 Å². The molecule has 0 aliphatic carbocycles. The van der Waals surface area contributed by atoms with Crippen molar-refractivity contribution in [3.05, 3.63) is 46.6 Å². The lowest BCUT2D eigenvalue weighted by Crippen LogP contribution is -2.25. The second kappa shape index (κ2) is 6.00. The van der Waals surface area contributed by atoms with Crippen LogP contribution in [0.4, 0.5) is 0 Å². The van der Waals surface area contributed by atoms with Gasteiger partial charge in [0.25, 0.3) is 0 Å². The largest absolute Gasteiger partial charge is 0.335 e. The quantitative estimate of drug-likeness (QED) is 0.765. The predicted molar refractivity (Wildman–Crippen MR) is 88.9 cm³/mol. The van der Waals surface area contributed by atoms with Crippen molar-refractivity contribution >= 4 is 44.0 Å². The molecule has 3 aromatic rings. The number of pyridine rings is 1. The summed E-state index contributed by atoms with van der Waals surface area (Å²) in [6.07, 6.45) is 4.32. The Hall–Kier alpha value is -1.41. The Morgan fingerprint density at radius 2 is 2.18 bits per heavy atom. The van der Waals surface area contributed by atoms with E-state index in [0.29, 0.717) is 17.3 Å². The Morgan fingerprint density at radius 3 is 2.91 bits per heavy atom. The van der Waals surface area contributed by atoms with Crippen molar-refractivity contribution in [1.29, 1.82) is 0 Å². The van der Waals surface area contributed by atoms with Crippen molar-refractivity contribution in [1.82, 2.24) is 14.3 Å². The van der Waals surface area contributed by atoms with E-state index in [1.165, 1.54) is 6.07 Å². The van der Waals surface area contributed by atoms with Gasteiger partial charge in [0, 0.05) is 31.4 Å². The molecule has 3 rings (SSSR count). The van der Waals surface area contributed by atoms with Gasteiger partial charge in [-0.25, -0.2) is 18.1 Å². The average molecular weight is 356 g/mol. The van der Waals surface area contributed by atoms with Gasteiger partial charge in [0.2, 0.25) is 10.0 Å². The van der Waals surface area contributed by atoms with Crippen LogP contribution in [0.25, 0.3) is 11.0 Å². The number of rotatable bonds is 5. The monoisotopic (exact) mass is 355 g/mol. The molecule has 8 heteroatoms. The number of sulfonamides is 1. The molecule has 116 valence electrons. The molecule has 0 amide bonds. The first-order valence-electron chi connectivity index (χ1n) is 6.61. The van der Waals surface area contributed by atoms with Crippen molar-refractivity contribution < 1.29 is 8.42 Å². The van der Waals surface area contributed by atoms with Gasteiger partial charge < -0.3 is 4.57 Å². The summed E-state index contributed by atoms with van der Waals surface area (Å²) in [6.45, 7) is 0.325. The molecule has 3 aromatic heterocycles. The van der Waals surface area contributed by atoms with E-state index in [9.17, 15) is 8.42 Å². The topological polar surface area (TPSA) is 64.0 Å². The normalized spacial score (nSPS) is 12.1. The summed E-state index contributed by atoms with van der Waals surface area (Å²) in [4.78, 5) is 4.32. The predicted octanol–water partition coefficient (Wildman–Crippen LogP) is 2.81. The number of nitrogens with one attached hydrogen (secondary N) is 1. The van der Waals surface area contributed by atoms with E-state index in [2.05, 4.69) is 9.71 Å². The molecule has 3 heterocycles. The molecule has 22 heavy (non-hydrogen) atoms. The molecule has 0 fully saturated rings. The van der Waals surface area contributed by atoms with Gasteiger partial charge in [-0.3, -0.25) is 0 Å². The van der Waals surface area contributed by atoms with Crippen molar-refractivity contribution in [2.24, 2.45) is 7.05 Å². The lowest BCUT2D eigenvalue weighted by atomic mass is 10.2. The molecule has 0 aliphatic rings. The van der Waals surface area contributed by atoms with Gasteiger partial charge in [-0.15, -0.1) is 11.3 Å². The van der Waals surface area contributed by atoms with E-state index in [-0.39, 0.29) is 4.21 Å². The fraction of sp³-hybridized carbons (Fsp3) is 0.214. The smallest absolute Gasteiger partial charge is 0.250 e. The third-order valence-electron chi connectivity index (χ3n) is 3.32. The number of thiophene rings is 1. The van der Waals surface area contributed by atoms with Crippen LogP contribution in [0, 0.1) is 0 Å². The molecule has 0 atom stereocenters. The summed E-state index contributed by atoms with van der Waals surface area (Å²) < 4.78 is 29.5. The number of hydrogen-bond donors (Lipinski definition) is 1. The fourth-order valence-electron chi connectivity index (χ4n) is 2.33. The maximum atomic E-state index is 12.1. The molecular formula is C14H14ClN3O2S2. The summed E-state index contributed by atoms with van der Waals surface area (Å²) in [5, 5.41) is 1.04. The first-order valence-corrected chi connectivity index (χ1v) is 9.29. The molecule has 0 saturated carbocycles. The summed E-state index contributed by atoms with van der Waals surface area (Å²) in [5.74, 6) is 0. The Bertz CT molecular complexity index is 915. The van der Waals surface area contributed by atoms with Gasteiger partial charge in [0.05, 0.1) is 4.34 Å². The highest BCUT2D eigenvalue weighted by Gasteiger charge is 2.16. The van der Waals surface area contributed by atoms with E-state index >= 15 is 0 Å². The molecule has 0 aliphatic heterocycles. The summed E-state index contributed by atoms with van der Waals surface area (Å²) in [7, 11) is -1.57. The van der Waals surface area contributed by atoms with Crippen molar-refractivity contribution in [2.75, 3.05) is 6.54 Å². The Kier molecular flexibility index (Phi) is 4.22. The van der Waals surface area contributed by atoms with E-state index < -0.39 is 10.0 Å². The second-order valence-corrected chi connectivity index (χ2v) is 8.56. The van der Waals surface area contributed by atoms with Crippen LogP contribution in [0.1, 0.15) is 5.56 Å². The summed E-state index contributed by atoms with van der Waals surface area (Å²) in [5.41, 5.74) is 1.96. The minimum Gasteiger partial charge on any atom is -0.335 e. The fourth-order valence-corrected chi connectivity index (χ4v) is 4.88. The average Bonchev–Trinajstić information content (AvgIpc) is 3.05. The molecule has 0 saturated heterocycles. The maximum Gasteiger partial charge on any atom is 0.250 e. The third-order valence-corrected chi connectivity index (χ3v) is 6.50. The van der Waals surface area contributed by atoms with Crippen LogP contribution in [0.15, 0.2) is 40.9 Å². The van der Waals surface area contributed by atoms with Gasteiger partial charge >= 0.3 is 0 Å². The van der Waals surface area contributed by atoms with Gasteiger partial charge in [0.1, 0.15) is 9.86 Å². The second-order valence-electron chi connectivity index (χ2n) is 4.85. The van der Waals surface area contributed by atoms with Crippen LogP contribution in [0.5, 0.6) is 0 Å². The van der Waals surface area contributed by atoms with E-state index in [0.717, 1.165) is 27.9 Å². The molecule has 0 aromatic carbocycles. The van der Waals surface area contributed by atoms with Crippen molar-refractivity contribution in [2.45, 2.75) is 10.6 Å². The first-order chi connectivity index (χ1) is 10.5. The number of fused-ring (bicyclic) bond motifs is 1. The molecule has 0 radical (unpaired) electrons. The number of aryl methyl sites for hydroxylation is 1. The minimum atomic E-state index is -3.49. The lowest BCUT2D eigenvalue weighted by molar-refractivity contribution is 0.584. The zero-order valence-corrected chi connectivity index (χ0v) is 14.2. The zero-order valence-electron chi connectivity index (χ0n) is 11.8. The highest BCUT2D eigenvalue weighted by Crippen LogP contribution is 2.25. The van der Waals surface area contributed by atoms with Crippen LogP contribution < -0.4 is 4.72 Å². The van der Waals surface area contributed by atoms with Crippen molar-refractivity contribution in [3.8, 4) is 0 Å². The van der Waals surface area contributed by atoms with Gasteiger partial charge in [-0.1, -0.05) is 11.6 Å². The number of hydrogen-bond acceptors (Lipinski definition) is 4. The Labute approximate surface area is 137 Å². The van der Waals surface area contributed by atoms with Gasteiger partial charge in [-0.2, -0.15) is 0 Å². The highest BCUT2D eigenvalue weighted by atomic mass is 35.5. The molecule has 1 N–H and O–H groups in total.